The molecule has 3 atom stereocenters. The maximum atomic E-state index is 13.8. The molecule has 1 N–H and O–H groups in total. The summed E-state index contributed by atoms with van der Waals surface area (Å²) in [5.74, 6) is -0.565. The maximum Gasteiger partial charge on any atom is 0.330 e. The Kier molecular flexibility index (Phi) is 6.32. The zero-order valence-corrected chi connectivity index (χ0v) is 19.5. The molecule has 0 unspecified atom stereocenters. The molecule has 32 heavy (non-hydrogen) atoms. The third kappa shape index (κ3) is 3.92. The molecule has 1 fully saturated rings. The molecule has 0 bridgehead atoms. The minimum Gasteiger partial charge on any atom is -0.467 e. The zero-order valence-electron chi connectivity index (χ0n) is 17.2. The van der Waals surface area contributed by atoms with Gasteiger partial charge < -0.3 is 4.74 Å². The van der Waals surface area contributed by atoms with Gasteiger partial charge in [0.25, 0.3) is 0 Å². The first-order valence-corrected chi connectivity index (χ1v) is 12.3. The van der Waals surface area contributed by atoms with Crippen LogP contribution in [-0.2, 0) is 24.9 Å². The van der Waals surface area contributed by atoms with E-state index in [2.05, 4.69) is 5.32 Å². The Morgan fingerprint density at radius 3 is 2.22 bits per heavy atom. The largest absolute Gasteiger partial charge is 0.467 e. The highest BCUT2D eigenvalue weighted by atomic mass is 35.5. The first-order valence-electron chi connectivity index (χ1n) is 9.95. The van der Waals surface area contributed by atoms with Crippen LogP contribution in [0.3, 0.4) is 0 Å². The lowest BCUT2D eigenvalue weighted by molar-refractivity contribution is -0.148. The van der Waals surface area contributed by atoms with E-state index in [4.69, 9.17) is 27.9 Å². The van der Waals surface area contributed by atoms with Crippen molar-refractivity contribution in [2.24, 2.45) is 0 Å². The fourth-order valence-electron chi connectivity index (χ4n) is 4.30. The Hall–Kier alpha value is -2.38. The number of sulfone groups is 1. The molecule has 0 aliphatic carbocycles. The molecule has 5 nitrogen and oxygen atoms in total. The molecule has 3 aromatic carbocycles. The van der Waals surface area contributed by atoms with Crippen LogP contribution in [0, 0.1) is 0 Å². The van der Waals surface area contributed by atoms with Gasteiger partial charge in [0.2, 0.25) is 0 Å². The van der Waals surface area contributed by atoms with Gasteiger partial charge in [0, 0.05) is 10.0 Å². The van der Waals surface area contributed by atoms with E-state index < -0.39 is 32.6 Å². The SMILES string of the molecule is COC(=O)[C@]1(c2ccccc2)C[C@H](S(=O)(=O)c2ccccc2)[C@H](c2ccc(Cl)cc2Cl)N1. The van der Waals surface area contributed by atoms with Crippen molar-refractivity contribution in [2.45, 2.75) is 28.1 Å². The van der Waals surface area contributed by atoms with Crippen LogP contribution in [-0.4, -0.2) is 26.7 Å². The second-order valence-corrected chi connectivity index (χ2v) is 10.7. The number of ether oxygens (including phenoxy) is 1. The molecule has 1 heterocycles. The Morgan fingerprint density at radius 2 is 1.62 bits per heavy atom. The predicted molar refractivity (Wildman–Crippen MR) is 125 cm³/mol. The van der Waals surface area contributed by atoms with E-state index in [0.29, 0.717) is 21.2 Å². The molecule has 8 heteroatoms. The fourth-order valence-corrected chi connectivity index (χ4v) is 6.76. The van der Waals surface area contributed by atoms with E-state index in [0.717, 1.165) is 0 Å². The van der Waals surface area contributed by atoms with Gasteiger partial charge in [-0.05, 0) is 41.8 Å². The highest BCUT2D eigenvalue weighted by Crippen LogP contribution is 2.46. The molecule has 1 aliphatic rings. The molecule has 0 saturated carbocycles. The van der Waals surface area contributed by atoms with E-state index in [9.17, 15) is 13.2 Å². The Balaban J connectivity index is 1.92. The molecule has 0 amide bonds. The van der Waals surface area contributed by atoms with Crippen LogP contribution in [0.5, 0.6) is 0 Å². The molecule has 0 aromatic heterocycles. The highest BCUT2D eigenvalue weighted by molar-refractivity contribution is 7.92. The van der Waals surface area contributed by atoms with E-state index in [1.807, 2.05) is 6.07 Å². The molecule has 0 radical (unpaired) electrons. The molecule has 1 aliphatic heterocycles. The van der Waals surface area contributed by atoms with Gasteiger partial charge in [-0.1, -0.05) is 77.8 Å². The minimum absolute atomic E-state index is 0.0233. The molecule has 1 saturated heterocycles. The van der Waals surface area contributed by atoms with Gasteiger partial charge in [0.05, 0.1) is 23.3 Å². The summed E-state index contributed by atoms with van der Waals surface area (Å²) in [4.78, 5) is 13.3. The van der Waals surface area contributed by atoms with E-state index in [1.165, 1.54) is 7.11 Å². The van der Waals surface area contributed by atoms with Gasteiger partial charge in [-0.25, -0.2) is 13.2 Å². The van der Waals surface area contributed by atoms with Gasteiger partial charge in [-0.15, -0.1) is 0 Å². The lowest BCUT2D eigenvalue weighted by Crippen LogP contribution is -2.46. The van der Waals surface area contributed by atoms with Crippen LogP contribution < -0.4 is 5.32 Å². The van der Waals surface area contributed by atoms with Crippen LogP contribution in [0.1, 0.15) is 23.6 Å². The average Bonchev–Trinajstić information content (AvgIpc) is 3.22. The zero-order chi connectivity index (χ0) is 22.9. The van der Waals surface area contributed by atoms with Crippen molar-refractivity contribution in [3.8, 4) is 0 Å². The quantitative estimate of drug-likeness (QED) is 0.513. The van der Waals surface area contributed by atoms with Crippen LogP contribution in [0.4, 0.5) is 0 Å². The second kappa shape index (κ2) is 8.87. The summed E-state index contributed by atoms with van der Waals surface area (Å²) >= 11 is 12.6. The molecule has 4 rings (SSSR count). The number of halogens is 2. The smallest absolute Gasteiger partial charge is 0.330 e. The summed E-state index contributed by atoms with van der Waals surface area (Å²) in [6.07, 6.45) is -0.0233. The number of hydrogen-bond acceptors (Lipinski definition) is 5. The van der Waals surface area contributed by atoms with Crippen molar-refractivity contribution in [3.05, 3.63) is 100 Å². The van der Waals surface area contributed by atoms with Crippen LogP contribution >= 0.6 is 23.2 Å². The first kappa shape index (κ1) is 22.8. The van der Waals surface area contributed by atoms with Crippen LogP contribution in [0.25, 0.3) is 0 Å². The third-order valence-corrected chi connectivity index (χ3v) is 8.58. The van der Waals surface area contributed by atoms with E-state index in [1.54, 1.807) is 72.8 Å². The molecule has 3 aromatic rings. The molecule has 0 spiro atoms. The summed E-state index contributed by atoms with van der Waals surface area (Å²) in [6.45, 7) is 0. The molecular weight excluding hydrogens is 469 g/mol. The van der Waals surface area contributed by atoms with Crippen molar-refractivity contribution < 1.29 is 17.9 Å². The lowest BCUT2D eigenvalue weighted by Gasteiger charge is -2.28. The Labute approximate surface area is 197 Å². The molecular formula is C24H21Cl2NO4S. The number of rotatable bonds is 5. The van der Waals surface area contributed by atoms with Gasteiger partial charge in [0.15, 0.2) is 9.84 Å². The van der Waals surface area contributed by atoms with Gasteiger partial charge in [-0.3, -0.25) is 5.32 Å². The van der Waals surface area contributed by atoms with Crippen molar-refractivity contribution in [2.75, 3.05) is 7.11 Å². The topological polar surface area (TPSA) is 72.5 Å². The third-order valence-electron chi connectivity index (χ3n) is 5.85. The summed E-state index contributed by atoms with van der Waals surface area (Å²) < 4.78 is 32.7. The number of carbonyl (C=O) groups excluding carboxylic acids is 1. The lowest BCUT2D eigenvalue weighted by atomic mass is 9.88. The Morgan fingerprint density at radius 1 is 1.00 bits per heavy atom. The maximum absolute atomic E-state index is 13.8. The summed E-state index contributed by atoms with van der Waals surface area (Å²) in [5.41, 5.74) is -0.203. The average molecular weight is 490 g/mol. The summed E-state index contributed by atoms with van der Waals surface area (Å²) in [7, 11) is -2.56. The van der Waals surface area contributed by atoms with E-state index >= 15 is 0 Å². The number of carbonyl (C=O) groups is 1. The van der Waals surface area contributed by atoms with Gasteiger partial charge >= 0.3 is 5.97 Å². The number of esters is 1. The standard InChI is InChI=1S/C24H21Cl2NO4S/c1-31-23(28)24(16-8-4-2-5-9-16)15-21(32(29,30)18-10-6-3-7-11-18)22(27-24)19-13-12-17(25)14-20(19)26/h2-14,21-22,27H,15H2,1H3/t21-,22-,24+/m0/s1. The minimum atomic E-state index is -3.85. The Bertz CT molecular complexity index is 1240. The predicted octanol–water partition coefficient (Wildman–Crippen LogP) is 4.94. The first-order chi connectivity index (χ1) is 15.3. The fraction of sp³-hybridized carbons (Fsp3) is 0.208. The monoisotopic (exact) mass is 489 g/mol. The van der Waals surface area contributed by atoms with Crippen molar-refractivity contribution in [1.29, 1.82) is 0 Å². The van der Waals surface area contributed by atoms with Crippen molar-refractivity contribution in [3.63, 3.8) is 0 Å². The van der Waals surface area contributed by atoms with Gasteiger partial charge in [-0.2, -0.15) is 0 Å². The van der Waals surface area contributed by atoms with Crippen LogP contribution in [0.2, 0.25) is 10.0 Å². The number of nitrogens with one attached hydrogen (secondary N) is 1. The van der Waals surface area contributed by atoms with Gasteiger partial charge in [0.1, 0.15) is 5.54 Å². The van der Waals surface area contributed by atoms with Crippen LogP contribution in [0.15, 0.2) is 83.8 Å². The van der Waals surface area contributed by atoms with E-state index in [-0.39, 0.29) is 11.3 Å². The number of methoxy groups -OCH3 is 1. The van der Waals surface area contributed by atoms with Crippen molar-refractivity contribution in [1.82, 2.24) is 5.32 Å². The molecule has 166 valence electrons. The van der Waals surface area contributed by atoms with Crippen molar-refractivity contribution >= 4 is 39.0 Å². The normalized spacial score (nSPS) is 23.1. The highest BCUT2D eigenvalue weighted by Gasteiger charge is 2.56. The number of hydrogen-bond donors (Lipinski definition) is 1. The summed E-state index contributed by atoms with van der Waals surface area (Å²) in [6, 6.07) is 21.3. The summed E-state index contributed by atoms with van der Waals surface area (Å²) in [5, 5.41) is 3.06. The second-order valence-electron chi connectivity index (χ2n) is 7.65. The number of benzene rings is 3.